The van der Waals surface area contributed by atoms with E-state index in [4.69, 9.17) is 14.5 Å². The van der Waals surface area contributed by atoms with E-state index in [0.29, 0.717) is 11.3 Å². The van der Waals surface area contributed by atoms with Gasteiger partial charge in [0.25, 0.3) is 0 Å². The highest BCUT2D eigenvalue weighted by Crippen LogP contribution is 2.49. The SMILES string of the molecule is C=C(c1ccc(OC)cc1)P(=O)(O)O. The quantitative estimate of drug-likeness (QED) is 0.753. The van der Waals surface area contributed by atoms with Gasteiger partial charge in [-0.2, -0.15) is 0 Å². The van der Waals surface area contributed by atoms with E-state index >= 15 is 0 Å². The third-order valence-electron chi connectivity index (χ3n) is 1.77. The van der Waals surface area contributed by atoms with Gasteiger partial charge in [-0.1, -0.05) is 18.7 Å². The van der Waals surface area contributed by atoms with Crippen molar-refractivity contribution in [2.24, 2.45) is 0 Å². The molecule has 0 fully saturated rings. The van der Waals surface area contributed by atoms with Crippen LogP contribution in [0.4, 0.5) is 0 Å². The summed E-state index contributed by atoms with van der Waals surface area (Å²) in [7, 11) is -2.72. The third kappa shape index (κ3) is 2.45. The molecule has 2 N–H and O–H groups in total. The van der Waals surface area contributed by atoms with Crippen LogP contribution in [0.1, 0.15) is 5.56 Å². The molecule has 0 saturated carbocycles. The van der Waals surface area contributed by atoms with E-state index in [1.54, 1.807) is 24.3 Å². The van der Waals surface area contributed by atoms with Gasteiger partial charge in [0, 0.05) is 0 Å². The largest absolute Gasteiger partial charge is 0.497 e. The van der Waals surface area contributed by atoms with Crippen molar-refractivity contribution >= 4 is 12.9 Å². The molecule has 0 aliphatic heterocycles. The second-order valence-corrected chi connectivity index (χ2v) is 4.35. The molecule has 0 amide bonds. The lowest BCUT2D eigenvalue weighted by Crippen LogP contribution is -1.86. The summed E-state index contributed by atoms with van der Waals surface area (Å²) >= 11 is 0. The molecule has 0 aliphatic carbocycles. The minimum absolute atomic E-state index is 0.180. The fraction of sp³-hybridized carbons (Fsp3) is 0.111. The zero-order chi connectivity index (χ0) is 10.8. The molecule has 14 heavy (non-hydrogen) atoms. The van der Waals surface area contributed by atoms with Crippen LogP contribution in [-0.2, 0) is 4.57 Å². The highest BCUT2D eigenvalue weighted by molar-refractivity contribution is 7.63. The molecule has 76 valence electrons. The van der Waals surface area contributed by atoms with E-state index in [-0.39, 0.29) is 5.31 Å². The molecule has 0 radical (unpaired) electrons. The molecule has 0 aliphatic rings. The van der Waals surface area contributed by atoms with Crippen molar-refractivity contribution in [3.8, 4) is 5.75 Å². The van der Waals surface area contributed by atoms with E-state index < -0.39 is 7.60 Å². The van der Waals surface area contributed by atoms with Gasteiger partial charge >= 0.3 is 7.60 Å². The molecule has 1 aromatic rings. The molecule has 0 unspecified atom stereocenters. The number of ether oxygens (including phenoxy) is 1. The Bertz CT molecular complexity index is 376. The molecule has 5 heteroatoms. The minimum Gasteiger partial charge on any atom is -0.497 e. The van der Waals surface area contributed by atoms with Crippen LogP contribution in [0.5, 0.6) is 5.75 Å². The second-order valence-electron chi connectivity index (χ2n) is 2.72. The lowest BCUT2D eigenvalue weighted by Gasteiger charge is -2.08. The topological polar surface area (TPSA) is 66.8 Å². The van der Waals surface area contributed by atoms with Crippen molar-refractivity contribution in [3.63, 3.8) is 0 Å². The van der Waals surface area contributed by atoms with Gasteiger partial charge in [-0.05, 0) is 17.7 Å². The van der Waals surface area contributed by atoms with E-state index in [1.165, 1.54) is 7.11 Å². The van der Waals surface area contributed by atoms with Crippen molar-refractivity contribution in [3.05, 3.63) is 36.4 Å². The van der Waals surface area contributed by atoms with Crippen molar-refractivity contribution in [2.75, 3.05) is 7.11 Å². The summed E-state index contributed by atoms with van der Waals surface area (Å²) in [6, 6.07) is 6.35. The van der Waals surface area contributed by atoms with Crippen molar-refractivity contribution in [1.82, 2.24) is 0 Å². The van der Waals surface area contributed by atoms with Crippen LogP contribution in [0.3, 0.4) is 0 Å². The minimum atomic E-state index is -4.24. The highest BCUT2D eigenvalue weighted by atomic mass is 31.2. The molecule has 0 saturated heterocycles. The Balaban J connectivity index is 2.99. The molecule has 0 spiro atoms. The summed E-state index contributed by atoms with van der Waals surface area (Å²) in [5.74, 6) is 0.632. The molecule has 0 atom stereocenters. The maximum absolute atomic E-state index is 10.8. The number of hydrogen-bond acceptors (Lipinski definition) is 2. The van der Waals surface area contributed by atoms with Gasteiger partial charge in [0.1, 0.15) is 5.75 Å². The smallest absolute Gasteiger partial charge is 0.356 e. The first-order valence-corrected chi connectivity index (χ1v) is 5.46. The standard InChI is InChI=1S/C9H11O4P/c1-7(14(10,11)12)8-3-5-9(13-2)6-4-8/h3-6H,1H2,2H3,(H2,10,11,12). The Morgan fingerprint density at radius 3 is 2.21 bits per heavy atom. The molecule has 1 rings (SSSR count). The van der Waals surface area contributed by atoms with Gasteiger partial charge in [0.15, 0.2) is 0 Å². The van der Waals surface area contributed by atoms with Crippen LogP contribution >= 0.6 is 7.60 Å². The molecule has 0 bridgehead atoms. The molecule has 0 aromatic heterocycles. The Labute approximate surface area is 82.0 Å². The Morgan fingerprint density at radius 2 is 1.86 bits per heavy atom. The summed E-state index contributed by atoms with van der Waals surface area (Å²) in [6.07, 6.45) is 0. The molecule has 1 aromatic carbocycles. The fourth-order valence-corrected chi connectivity index (χ4v) is 1.44. The lowest BCUT2D eigenvalue weighted by molar-refractivity contribution is 0.388. The van der Waals surface area contributed by atoms with Gasteiger partial charge in [0.05, 0.1) is 12.4 Å². The van der Waals surface area contributed by atoms with Crippen molar-refractivity contribution in [2.45, 2.75) is 0 Å². The average molecular weight is 214 g/mol. The summed E-state index contributed by atoms with van der Waals surface area (Å²) in [5, 5.41) is -0.180. The number of benzene rings is 1. The van der Waals surface area contributed by atoms with Gasteiger partial charge in [-0.15, -0.1) is 0 Å². The first kappa shape index (κ1) is 11.0. The van der Waals surface area contributed by atoms with Crippen LogP contribution < -0.4 is 4.74 Å². The summed E-state index contributed by atoms with van der Waals surface area (Å²) in [4.78, 5) is 17.7. The molecule has 0 heterocycles. The maximum Gasteiger partial charge on any atom is 0.356 e. The predicted octanol–water partition coefficient (Wildman–Crippen LogP) is 1.84. The molecular formula is C9H11O4P. The summed E-state index contributed by atoms with van der Waals surface area (Å²) < 4.78 is 15.8. The molecular weight excluding hydrogens is 203 g/mol. The van der Waals surface area contributed by atoms with Crippen LogP contribution in [0.25, 0.3) is 5.31 Å². The van der Waals surface area contributed by atoms with Crippen LogP contribution in [0.15, 0.2) is 30.8 Å². The van der Waals surface area contributed by atoms with Gasteiger partial charge in [0.2, 0.25) is 0 Å². The van der Waals surface area contributed by atoms with Crippen molar-refractivity contribution < 1.29 is 19.1 Å². The zero-order valence-electron chi connectivity index (χ0n) is 7.67. The Hall–Kier alpha value is -1.09. The van der Waals surface area contributed by atoms with E-state index in [9.17, 15) is 4.57 Å². The van der Waals surface area contributed by atoms with Gasteiger partial charge in [-0.3, -0.25) is 4.57 Å². The summed E-state index contributed by atoms with van der Waals surface area (Å²) in [6.45, 7) is 3.35. The monoisotopic (exact) mass is 214 g/mol. The molecule has 4 nitrogen and oxygen atoms in total. The first-order valence-electron chi connectivity index (χ1n) is 3.84. The van der Waals surface area contributed by atoms with Crippen LogP contribution in [0.2, 0.25) is 0 Å². The van der Waals surface area contributed by atoms with Gasteiger partial charge < -0.3 is 14.5 Å². The summed E-state index contributed by atoms with van der Waals surface area (Å²) in [5.41, 5.74) is 0.416. The third-order valence-corrected chi connectivity index (χ3v) is 2.74. The average Bonchev–Trinajstić information content (AvgIpc) is 2.15. The highest BCUT2D eigenvalue weighted by Gasteiger charge is 2.19. The second kappa shape index (κ2) is 3.96. The Morgan fingerprint density at radius 1 is 1.36 bits per heavy atom. The van der Waals surface area contributed by atoms with E-state index in [2.05, 4.69) is 6.58 Å². The first-order chi connectivity index (χ1) is 6.45. The fourth-order valence-electron chi connectivity index (χ4n) is 0.952. The number of methoxy groups -OCH3 is 1. The van der Waals surface area contributed by atoms with E-state index in [0.717, 1.165) is 0 Å². The Kier molecular flexibility index (Phi) is 3.11. The van der Waals surface area contributed by atoms with Crippen LogP contribution in [-0.4, -0.2) is 16.9 Å². The maximum atomic E-state index is 10.8. The number of rotatable bonds is 3. The lowest BCUT2D eigenvalue weighted by atomic mass is 10.2. The van der Waals surface area contributed by atoms with Gasteiger partial charge in [-0.25, -0.2) is 0 Å². The van der Waals surface area contributed by atoms with E-state index in [1.807, 2.05) is 0 Å². The van der Waals surface area contributed by atoms with Crippen LogP contribution in [0, 0.1) is 0 Å². The zero-order valence-corrected chi connectivity index (χ0v) is 8.57. The van der Waals surface area contributed by atoms with Crippen molar-refractivity contribution in [1.29, 1.82) is 0 Å². The normalized spacial score (nSPS) is 11.1. The number of hydrogen-bond donors (Lipinski definition) is 2. The predicted molar refractivity (Wildman–Crippen MR) is 54.1 cm³/mol.